The lowest BCUT2D eigenvalue weighted by atomic mass is 10.3. The predicted octanol–water partition coefficient (Wildman–Crippen LogP) is 2.77. The van der Waals surface area contributed by atoms with Gasteiger partial charge in [-0.1, -0.05) is 18.2 Å². The molecule has 3 rings (SSSR count). The molecule has 0 atom stereocenters. The summed E-state index contributed by atoms with van der Waals surface area (Å²) in [5.74, 6) is 0.580. The molecule has 82 valence electrons. The van der Waals surface area contributed by atoms with E-state index < -0.39 is 0 Å². The largest absolute Gasteiger partial charge is 0.324 e. The molecule has 4 nitrogen and oxygen atoms in total. The third kappa shape index (κ3) is 2.06. The van der Waals surface area contributed by atoms with Gasteiger partial charge in [0, 0.05) is 11.9 Å². The van der Waals surface area contributed by atoms with E-state index in [2.05, 4.69) is 20.3 Å². The number of aromatic nitrogens is 3. The Hall–Kier alpha value is -2.49. The van der Waals surface area contributed by atoms with Crippen molar-refractivity contribution in [2.45, 2.75) is 0 Å². The smallest absolute Gasteiger partial charge is 0.227 e. The Labute approximate surface area is 98.4 Å². The van der Waals surface area contributed by atoms with Gasteiger partial charge >= 0.3 is 0 Å². The lowest BCUT2D eigenvalue weighted by molar-refractivity contribution is 1.19. The number of hydrogen-bond acceptors (Lipinski definition) is 4. The molecule has 0 fully saturated rings. The van der Waals surface area contributed by atoms with E-state index in [4.69, 9.17) is 0 Å². The number of rotatable bonds is 2. The van der Waals surface area contributed by atoms with Crippen LogP contribution in [0.25, 0.3) is 11.0 Å². The highest BCUT2D eigenvalue weighted by molar-refractivity contribution is 5.74. The van der Waals surface area contributed by atoms with Gasteiger partial charge in [-0.25, -0.2) is 9.97 Å². The molecular weight excluding hydrogens is 212 g/mol. The zero-order valence-electron chi connectivity index (χ0n) is 9.04. The molecule has 3 aromatic rings. The molecule has 0 aliphatic carbocycles. The third-order valence-corrected chi connectivity index (χ3v) is 2.38. The molecule has 2 aromatic heterocycles. The Kier molecular flexibility index (Phi) is 2.38. The van der Waals surface area contributed by atoms with Crippen molar-refractivity contribution in [2.24, 2.45) is 0 Å². The maximum absolute atomic E-state index is 4.39. The first-order valence-corrected chi connectivity index (χ1v) is 5.32. The Morgan fingerprint density at radius 3 is 2.59 bits per heavy atom. The van der Waals surface area contributed by atoms with Crippen molar-refractivity contribution in [2.75, 3.05) is 5.32 Å². The summed E-state index contributed by atoms with van der Waals surface area (Å²) in [6, 6.07) is 13.6. The molecule has 0 aliphatic rings. The average molecular weight is 222 g/mol. The number of anilines is 2. The Morgan fingerprint density at radius 2 is 1.71 bits per heavy atom. The summed E-state index contributed by atoms with van der Waals surface area (Å²) in [5.41, 5.74) is 2.60. The van der Waals surface area contributed by atoms with Crippen molar-refractivity contribution in [3.63, 3.8) is 0 Å². The normalized spacial score (nSPS) is 10.4. The van der Waals surface area contributed by atoms with Gasteiger partial charge in [-0.3, -0.25) is 4.98 Å². The minimum Gasteiger partial charge on any atom is -0.324 e. The molecule has 0 unspecified atom stereocenters. The van der Waals surface area contributed by atoms with E-state index in [1.54, 1.807) is 12.4 Å². The lowest BCUT2D eigenvalue weighted by Crippen LogP contribution is -1.97. The highest BCUT2D eigenvalue weighted by atomic mass is 15.1. The minimum absolute atomic E-state index is 0.580. The van der Waals surface area contributed by atoms with Crippen molar-refractivity contribution < 1.29 is 0 Å². The topological polar surface area (TPSA) is 50.7 Å². The fourth-order valence-electron chi connectivity index (χ4n) is 1.58. The second-order valence-electron chi connectivity index (χ2n) is 3.59. The van der Waals surface area contributed by atoms with E-state index in [-0.39, 0.29) is 0 Å². The molecule has 4 heteroatoms. The number of benzene rings is 1. The van der Waals surface area contributed by atoms with Crippen molar-refractivity contribution in [3.8, 4) is 0 Å². The van der Waals surface area contributed by atoms with Gasteiger partial charge in [0.15, 0.2) is 0 Å². The minimum atomic E-state index is 0.580. The number of nitrogens with one attached hydrogen (secondary N) is 1. The molecule has 1 aromatic carbocycles. The van der Waals surface area contributed by atoms with E-state index in [1.807, 2.05) is 42.5 Å². The van der Waals surface area contributed by atoms with Gasteiger partial charge in [-0.05, 0) is 24.3 Å². The summed E-state index contributed by atoms with van der Waals surface area (Å²) in [6.45, 7) is 0. The third-order valence-electron chi connectivity index (χ3n) is 2.38. The molecule has 2 heterocycles. The predicted molar refractivity (Wildman–Crippen MR) is 67.1 cm³/mol. The van der Waals surface area contributed by atoms with E-state index in [9.17, 15) is 0 Å². The second kappa shape index (κ2) is 4.17. The van der Waals surface area contributed by atoms with Gasteiger partial charge in [0.05, 0.1) is 11.7 Å². The maximum Gasteiger partial charge on any atom is 0.227 e. The monoisotopic (exact) mass is 222 g/mol. The van der Waals surface area contributed by atoms with Crippen LogP contribution >= 0.6 is 0 Å². The van der Waals surface area contributed by atoms with Crippen LogP contribution in [0.1, 0.15) is 0 Å². The van der Waals surface area contributed by atoms with E-state index in [0.29, 0.717) is 5.95 Å². The maximum atomic E-state index is 4.39. The summed E-state index contributed by atoms with van der Waals surface area (Å²) in [6.07, 6.45) is 3.45. The van der Waals surface area contributed by atoms with Crippen LogP contribution in [0.3, 0.4) is 0 Å². The molecule has 0 bridgehead atoms. The summed E-state index contributed by atoms with van der Waals surface area (Å²) in [7, 11) is 0. The number of para-hydroxylation sites is 1. The van der Waals surface area contributed by atoms with Gasteiger partial charge in [0.25, 0.3) is 0 Å². The molecular formula is C13H10N4. The molecule has 0 saturated carbocycles. The zero-order chi connectivity index (χ0) is 11.5. The number of hydrogen-bond donors (Lipinski definition) is 1. The quantitative estimate of drug-likeness (QED) is 0.724. The van der Waals surface area contributed by atoms with Gasteiger partial charge in [-0.2, -0.15) is 0 Å². The van der Waals surface area contributed by atoms with Crippen LogP contribution in [0, 0.1) is 0 Å². The highest BCUT2D eigenvalue weighted by Gasteiger charge is 2.00. The number of nitrogens with zero attached hydrogens (tertiary/aromatic N) is 3. The fourth-order valence-corrected chi connectivity index (χ4v) is 1.58. The summed E-state index contributed by atoms with van der Waals surface area (Å²) in [5, 5.41) is 3.15. The van der Waals surface area contributed by atoms with Crippen LogP contribution in [-0.2, 0) is 0 Å². The summed E-state index contributed by atoms with van der Waals surface area (Å²) in [4.78, 5) is 12.8. The van der Waals surface area contributed by atoms with Gasteiger partial charge < -0.3 is 5.32 Å². The molecule has 1 N–H and O–H groups in total. The molecule has 0 spiro atoms. The summed E-state index contributed by atoms with van der Waals surface area (Å²) >= 11 is 0. The van der Waals surface area contributed by atoms with Crippen LogP contribution in [0.15, 0.2) is 54.9 Å². The molecule has 0 amide bonds. The van der Waals surface area contributed by atoms with E-state index in [1.165, 1.54) is 0 Å². The molecule has 0 aliphatic heterocycles. The molecule has 17 heavy (non-hydrogen) atoms. The Morgan fingerprint density at radius 1 is 0.824 bits per heavy atom. The lowest BCUT2D eigenvalue weighted by Gasteiger charge is -2.04. The first-order valence-electron chi connectivity index (χ1n) is 5.32. The zero-order valence-corrected chi connectivity index (χ0v) is 9.04. The van der Waals surface area contributed by atoms with Crippen LogP contribution < -0.4 is 5.32 Å². The Balaban J connectivity index is 1.96. The first kappa shape index (κ1) is 9.72. The SMILES string of the molecule is c1ccc(Nc2ncc3ncccc3n2)cc1. The van der Waals surface area contributed by atoms with Gasteiger partial charge in [0.1, 0.15) is 5.52 Å². The molecule has 0 radical (unpaired) electrons. The second-order valence-corrected chi connectivity index (χ2v) is 3.59. The van der Waals surface area contributed by atoms with Crippen LogP contribution in [0.2, 0.25) is 0 Å². The van der Waals surface area contributed by atoms with Crippen molar-refractivity contribution >= 4 is 22.7 Å². The molecule has 0 saturated heterocycles. The van der Waals surface area contributed by atoms with Crippen molar-refractivity contribution in [1.29, 1.82) is 0 Å². The fraction of sp³-hybridized carbons (Fsp3) is 0. The van der Waals surface area contributed by atoms with Crippen LogP contribution in [-0.4, -0.2) is 15.0 Å². The summed E-state index contributed by atoms with van der Waals surface area (Å²) < 4.78 is 0. The van der Waals surface area contributed by atoms with Crippen LogP contribution in [0.4, 0.5) is 11.6 Å². The number of fused-ring (bicyclic) bond motifs is 1. The average Bonchev–Trinajstić information content (AvgIpc) is 2.40. The van der Waals surface area contributed by atoms with Gasteiger partial charge in [-0.15, -0.1) is 0 Å². The highest BCUT2D eigenvalue weighted by Crippen LogP contribution is 2.14. The van der Waals surface area contributed by atoms with Crippen LogP contribution in [0.5, 0.6) is 0 Å². The first-order chi connectivity index (χ1) is 8.42. The van der Waals surface area contributed by atoms with Gasteiger partial charge in [0.2, 0.25) is 5.95 Å². The van der Waals surface area contributed by atoms with E-state index in [0.717, 1.165) is 16.7 Å². The Bertz CT molecular complexity index is 637. The standard InChI is InChI=1S/C13H10N4/c1-2-5-10(6-3-1)16-13-15-9-12-11(17-13)7-4-8-14-12/h1-9H,(H,15,16,17). The number of pyridine rings is 1. The van der Waals surface area contributed by atoms with Crippen molar-refractivity contribution in [3.05, 3.63) is 54.9 Å². The van der Waals surface area contributed by atoms with Crippen molar-refractivity contribution in [1.82, 2.24) is 15.0 Å². The van der Waals surface area contributed by atoms with E-state index >= 15 is 0 Å².